The maximum absolute atomic E-state index is 5.61. The van der Waals surface area contributed by atoms with Gasteiger partial charge in [-0.1, -0.05) is 0 Å². The molecule has 0 aromatic carbocycles. The average molecular weight is 227 g/mol. The summed E-state index contributed by atoms with van der Waals surface area (Å²) in [5, 5.41) is 3.39. The first-order valence-electron chi connectivity index (χ1n) is 6.52. The number of likely N-dealkylation sites (N-methyl/N-ethyl adjacent to an activating group) is 1. The lowest BCUT2D eigenvalue weighted by Gasteiger charge is -2.32. The van der Waals surface area contributed by atoms with Crippen LogP contribution in [-0.2, 0) is 4.74 Å². The Bertz CT molecular complexity index is 206. The van der Waals surface area contributed by atoms with Crippen molar-refractivity contribution in [1.82, 2.24) is 15.1 Å². The van der Waals surface area contributed by atoms with Crippen LogP contribution in [0.4, 0.5) is 0 Å². The molecule has 2 atom stereocenters. The van der Waals surface area contributed by atoms with Crippen molar-refractivity contribution in [1.29, 1.82) is 0 Å². The molecule has 2 unspecified atom stereocenters. The standard InChI is InChI=1S/C12H25N3O/c1-11-12(3-10-16-11)14(2)8-9-15-6-4-13-5-7-15/h11-13H,3-10H2,1-2H3. The number of piperazine rings is 1. The molecule has 2 fully saturated rings. The van der Waals surface area contributed by atoms with E-state index in [-0.39, 0.29) is 0 Å². The van der Waals surface area contributed by atoms with Gasteiger partial charge < -0.3 is 10.1 Å². The molecule has 0 spiro atoms. The summed E-state index contributed by atoms with van der Waals surface area (Å²) < 4.78 is 5.61. The molecule has 4 nitrogen and oxygen atoms in total. The van der Waals surface area contributed by atoms with Crippen LogP contribution in [0.1, 0.15) is 13.3 Å². The Morgan fingerprint density at radius 1 is 1.38 bits per heavy atom. The van der Waals surface area contributed by atoms with Gasteiger partial charge in [0.2, 0.25) is 0 Å². The molecule has 2 aliphatic heterocycles. The van der Waals surface area contributed by atoms with Gasteiger partial charge in [0.25, 0.3) is 0 Å². The average Bonchev–Trinajstić information content (AvgIpc) is 2.74. The van der Waals surface area contributed by atoms with E-state index in [2.05, 4.69) is 29.1 Å². The third-order valence-corrected chi connectivity index (χ3v) is 3.88. The fourth-order valence-electron chi connectivity index (χ4n) is 2.70. The summed E-state index contributed by atoms with van der Waals surface area (Å²) in [6.07, 6.45) is 1.60. The number of rotatable bonds is 4. The zero-order valence-corrected chi connectivity index (χ0v) is 10.6. The molecule has 16 heavy (non-hydrogen) atoms. The molecule has 0 aromatic rings. The summed E-state index contributed by atoms with van der Waals surface area (Å²) in [6, 6.07) is 0.628. The number of hydrogen-bond donors (Lipinski definition) is 1. The van der Waals surface area contributed by atoms with Crippen LogP contribution in [0.15, 0.2) is 0 Å². The van der Waals surface area contributed by atoms with Crippen LogP contribution < -0.4 is 5.32 Å². The summed E-state index contributed by atoms with van der Waals surface area (Å²) >= 11 is 0. The molecule has 2 aliphatic rings. The van der Waals surface area contributed by atoms with Gasteiger partial charge in [0.05, 0.1) is 6.10 Å². The third kappa shape index (κ3) is 3.17. The topological polar surface area (TPSA) is 27.7 Å². The lowest BCUT2D eigenvalue weighted by atomic mass is 10.1. The van der Waals surface area contributed by atoms with Gasteiger partial charge in [-0.3, -0.25) is 9.80 Å². The number of ether oxygens (including phenoxy) is 1. The van der Waals surface area contributed by atoms with Crippen molar-refractivity contribution in [2.75, 3.05) is 52.9 Å². The maximum Gasteiger partial charge on any atom is 0.0702 e. The molecular formula is C12H25N3O. The molecule has 2 heterocycles. The van der Waals surface area contributed by atoms with Crippen LogP contribution in [-0.4, -0.2) is 74.9 Å². The van der Waals surface area contributed by atoms with Gasteiger partial charge in [0, 0.05) is 51.9 Å². The molecule has 94 valence electrons. The van der Waals surface area contributed by atoms with Crippen molar-refractivity contribution in [3.8, 4) is 0 Å². The van der Waals surface area contributed by atoms with Gasteiger partial charge >= 0.3 is 0 Å². The first kappa shape index (κ1) is 12.3. The van der Waals surface area contributed by atoms with Crippen molar-refractivity contribution < 1.29 is 4.74 Å². The highest BCUT2D eigenvalue weighted by Crippen LogP contribution is 2.17. The van der Waals surface area contributed by atoms with E-state index >= 15 is 0 Å². The van der Waals surface area contributed by atoms with Crippen LogP contribution >= 0.6 is 0 Å². The van der Waals surface area contributed by atoms with Gasteiger partial charge in [0.1, 0.15) is 0 Å². The highest BCUT2D eigenvalue weighted by atomic mass is 16.5. The summed E-state index contributed by atoms with van der Waals surface area (Å²) in [5.74, 6) is 0. The Labute approximate surface area is 98.9 Å². The van der Waals surface area contributed by atoms with Gasteiger partial charge in [-0.15, -0.1) is 0 Å². The van der Waals surface area contributed by atoms with Crippen molar-refractivity contribution in [2.45, 2.75) is 25.5 Å². The molecule has 0 saturated carbocycles. The molecule has 1 N–H and O–H groups in total. The number of nitrogens with zero attached hydrogens (tertiary/aromatic N) is 2. The lowest BCUT2D eigenvalue weighted by molar-refractivity contribution is 0.0787. The van der Waals surface area contributed by atoms with Gasteiger partial charge in [-0.05, 0) is 20.4 Å². The minimum absolute atomic E-state index is 0.410. The number of hydrogen-bond acceptors (Lipinski definition) is 4. The molecule has 2 rings (SSSR count). The van der Waals surface area contributed by atoms with E-state index in [1.54, 1.807) is 0 Å². The summed E-state index contributed by atoms with van der Waals surface area (Å²) in [7, 11) is 2.23. The fraction of sp³-hybridized carbons (Fsp3) is 1.00. The number of nitrogens with one attached hydrogen (secondary N) is 1. The minimum Gasteiger partial charge on any atom is -0.377 e. The molecular weight excluding hydrogens is 202 g/mol. The van der Waals surface area contributed by atoms with Crippen molar-refractivity contribution in [3.63, 3.8) is 0 Å². The summed E-state index contributed by atoms with van der Waals surface area (Å²) in [6.45, 7) is 10.2. The van der Waals surface area contributed by atoms with Crippen LogP contribution in [0.25, 0.3) is 0 Å². The van der Waals surface area contributed by atoms with Crippen molar-refractivity contribution in [2.24, 2.45) is 0 Å². The van der Waals surface area contributed by atoms with Gasteiger partial charge in [-0.25, -0.2) is 0 Å². The lowest BCUT2D eigenvalue weighted by Crippen LogP contribution is -2.47. The second-order valence-electron chi connectivity index (χ2n) is 5.00. The van der Waals surface area contributed by atoms with E-state index in [1.807, 2.05) is 0 Å². The Balaban J connectivity index is 1.68. The summed E-state index contributed by atoms with van der Waals surface area (Å²) in [4.78, 5) is 5.02. The molecule has 0 aromatic heterocycles. The smallest absolute Gasteiger partial charge is 0.0702 e. The second-order valence-corrected chi connectivity index (χ2v) is 5.00. The minimum atomic E-state index is 0.410. The highest BCUT2D eigenvalue weighted by molar-refractivity contribution is 4.81. The highest BCUT2D eigenvalue weighted by Gasteiger charge is 2.27. The van der Waals surface area contributed by atoms with E-state index < -0.39 is 0 Å². The Morgan fingerprint density at radius 3 is 2.75 bits per heavy atom. The van der Waals surface area contributed by atoms with E-state index in [1.165, 1.54) is 32.6 Å². The van der Waals surface area contributed by atoms with Crippen molar-refractivity contribution >= 4 is 0 Å². The second kappa shape index (κ2) is 5.96. The first-order chi connectivity index (χ1) is 7.77. The maximum atomic E-state index is 5.61. The monoisotopic (exact) mass is 227 g/mol. The SMILES string of the molecule is CC1OCCC1N(C)CCN1CCNCC1. The van der Waals surface area contributed by atoms with Crippen LogP contribution in [0.2, 0.25) is 0 Å². The van der Waals surface area contributed by atoms with E-state index in [4.69, 9.17) is 4.74 Å². The fourth-order valence-corrected chi connectivity index (χ4v) is 2.70. The quantitative estimate of drug-likeness (QED) is 0.732. The van der Waals surface area contributed by atoms with E-state index in [9.17, 15) is 0 Å². The van der Waals surface area contributed by atoms with Crippen molar-refractivity contribution in [3.05, 3.63) is 0 Å². The third-order valence-electron chi connectivity index (χ3n) is 3.88. The molecule has 0 amide bonds. The summed E-state index contributed by atoms with van der Waals surface area (Å²) in [5.41, 5.74) is 0. The normalized spacial score (nSPS) is 32.4. The van der Waals surface area contributed by atoms with Gasteiger partial charge in [0.15, 0.2) is 0 Å². The van der Waals surface area contributed by atoms with Gasteiger partial charge in [-0.2, -0.15) is 0 Å². The Morgan fingerprint density at radius 2 is 2.12 bits per heavy atom. The van der Waals surface area contributed by atoms with E-state index in [0.717, 1.165) is 19.7 Å². The largest absolute Gasteiger partial charge is 0.377 e. The predicted molar refractivity (Wildman–Crippen MR) is 65.8 cm³/mol. The van der Waals surface area contributed by atoms with E-state index in [0.29, 0.717) is 12.1 Å². The van der Waals surface area contributed by atoms with Crippen LogP contribution in [0.3, 0.4) is 0 Å². The zero-order valence-electron chi connectivity index (χ0n) is 10.6. The molecule has 0 bridgehead atoms. The molecule has 4 heteroatoms. The predicted octanol–water partition coefficient (Wildman–Crippen LogP) is 0.000800. The Kier molecular flexibility index (Phi) is 4.58. The molecule has 0 radical (unpaired) electrons. The van der Waals surface area contributed by atoms with Crippen LogP contribution in [0, 0.1) is 0 Å². The Hall–Kier alpha value is -0.160. The first-order valence-corrected chi connectivity index (χ1v) is 6.52. The molecule has 0 aliphatic carbocycles. The zero-order chi connectivity index (χ0) is 11.4. The van der Waals surface area contributed by atoms with Crippen LogP contribution in [0.5, 0.6) is 0 Å². The molecule has 2 saturated heterocycles.